The van der Waals surface area contributed by atoms with E-state index < -0.39 is 0 Å². The molecule has 1 aromatic heterocycles. The lowest BCUT2D eigenvalue weighted by Gasteiger charge is -2.36. The molecule has 204 valence electrons. The van der Waals surface area contributed by atoms with Crippen LogP contribution in [0.3, 0.4) is 0 Å². The van der Waals surface area contributed by atoms with Crippen molar-refractivity contribution in [2.24, 2.45) is 10.7 Å². The lowest BCUT2D eigenvalue weighted by Crippen LogP contribution is -2.46. The maximum atomic E-state index is 6.41. The second-order valence-corrected chi connectivity index (χ2v) is 10.3. The molecule has 2 heterocycles. The Kier molecular flexibility index (Phi) is 8.59. The molecule has 0 saturated carbocycles. The molecule has 5 rings (SSSR count). The molecule has 0 spiro atoms. The number of aryl methyl sites for hydroxylation is 1. The van der Waals surface area contributed by atoms with Gasteiger partial charge in [0.15, 0.2) is 0 Å². The average Bonchev–Trinajstić information content (AvgIpc) is 3.40. The van der Waals surface area contributed by atoms with Gasteiger partial charge < -0.3 is 19.8 Å². The number of nitrogens with zero attached hydrogens (tertiary/aromatic N) is 4. The molecule has 1 aliphatic heterocycles. The highest BCUT2D eigenvalue weighted by Crippen LogP contribution is 2.39. The molecule has 0 radical (unpaired) electrons. The molecule has 39 heavy (non-hydrogen) atoms. The van der Waals surface area contributed by atoms with Gasteiger partial charge in [0.1, 0.15) is 12.0 Å². The summed E-state index contributed by atoms with van der Waals surface area (Å²) in [6.45, 7) is 5.35. The Bertz CT molecular complexity index is 1410. The van der Waals surface area contributed by atoms with E-state index in [1.165, 1.54) is 11.3 Å². The summed E-state index contributed by atoms with van der Waals surface area (Å²) in [6.07, 6.45) is 4.96. The summed E-state index contributed by atoms with van der Waals surface area (Å²) in [6, 6.07) is 22.4. The number of nitrogens with two attached hydrogens (primary N) is 1. The van der Waals surface area contributed by atoms with Crippen LogP contribution < -0.4 is 20.3 Å². The van der Waals surface area contributed by atoms with Crippen LogP contribution in [0, 0.1) is 0 Å². The van der Waals surface area contributed by atoms with E-state index in [1.54, 1.807) is 20.4 Å². The third-order valence-corrected chi connectivity index (χ3v) is 7.64. The topological polar surface area (TPSA) is 70.5 Å². The molecule has 2 N–H and O–H groups in total. The minimum absolute atomic E-state index is 0.336. The summed E-state index contributed by atoms with van der Waals surface area (Å²) in [5, 5.41) is 2.75. The molecule has 1 aliphatic rings. The van der Waals surface area contributed by atoms with Gasteiger partial charge >= 0.3 is 0 Å². The second-order valence-electron chi connectivity index (χ2n) is 9.81. The molecule has 0 bridgehead atoms. The van der Waals surface area contributed by atoms with E-state index in [4.69, 9.17) is 26.5 Å². The van der Waals surface area contributed by atoms with E-state index in [0.717, 1.165) is 73.5 Å². The SMILES string of the molecule is CN=C(N)N(c1cc(CCCCN2CCN(c3ccc(Cl)cc3)CC2)ccc1OC)c1occ2ccccc12. The Morgan fingerprint density at radius 3 is 2.54 bits per heavy atom. The summed E-state index contributed by atoms with van der Waals surface area (Å²) in [5.74, 6) is 1.68. The van der Waals surface area contributed by atoms with Crippen molar-refractivity contribution in [3.05, 3.63) is 83.6 Å². The Balaban J connectivity index is 1.22. The van der Waals surface area contributed by atoms with E-state index in [1.807, 2.05) is 47.4 Å². The zero-order chi connectivity index (χ0) is 27.2. The standard InChI is InChI=1S/C31H36ClN5O2/c1-34-31(33)37(30-27-9-4-3-8-24(27)22-39-30)28-21-23(10-15-29(28)38-2)7-5-6-16-35-17-19-36(20-18-35)26-13-11-25(32)12-14-26/h3-4,8-15,21-22H,5-7,16-20H2,1-2H3,(H2,33,34). The molecule has 1 fully saturated rings. The Hall–Kier alpha value is -3.68. The third-order valence-electron chi connectivity index (χ3n) is 7.39. The van der Waals surface area contributed by atoms with E-state index in [0.29, 0.717) is 17.6 Å². The number of rotatable bonds is 9. The van der Waals surface area contributed by atoms with E-state index in [2.05, 4.69) is 39.1 Å². The van der Waals surface area contributed by atoms with Crippen molar-refractivity contribution in [3.63, 3.8) is 0 Å². The summed E-state index contributed by atoms with van der Waals surface area (Å²) in [5.41, 5.74) is 9.70. The maximum Gasteiger partial charge on any atom is 0.214 e. The Morgan fingerprint density at radius 1 is 1.03 bits per heavy atom. The molecule has 0 atom stereocenters. The maximum absolute atomic E-state index is 6.41. The number of aliphatic imine (C=N–C) groups is 1. The molecular weight excluding hydrogens is 510 g/mol. The van der Waals surface area contributed by atoms with Crippen molar-refractivity contribution in [1.29, 1.82) is 0 Å². The van der Waals surface area contributed by atoms with Crippen LogP contribution in [0.2, 0.25) is 5.02 Å². The molecule has 0 unspecified atom stereocenters. The largest absolute Gasteiger partial charge is 0.495 e. The van der Waals surface area contributed by atoms with Gasteiger partial charge in [0.2, 0.25) is 11.8 Å². The quantitative estimate of drug-likeness (QED) is 0.151. The van der Waals surface area contributed by atoms with E-state index in [9.17, 15) is 0 Å². The number of ether oxygens (including phenoxy) is 1. The van der Waals surface area contributed by atoms with Gasteiger partial charge in [-0.1, -0.05) is 35.9 Å². The summed E-state index contributed by atoms with van der Waals surface area (Å²) in [4.78, 5) is 11.1. The van der Waals surface area contributed by atoms with Gasteiger partial charge in [0.25, 0.3) is 0 Å². The zero-order valence-electron chi connectivity index (χ0n) is 22.6. The van der Waals surface area contributed by atoms with Crippen molar-refractivity contribution in [2.75, 3.05) is 56.7 Å². The van der Waals surface area contributed by atoms with Crippen molar-refractivity contribution >= 4 is 45.6 Å². The lowest BCUT2D eigenvalue weighted by atomic mass is 10.1. The van der Waals surface area contributed by atoms with Crippen LogP contribution in [-0.2, 0) is 6.42 Å². The predicted molar refractivity (Wildman–Crippen MR) is 162 cm³/mol. The first-order valence-electron chi connectivity index (χ1n) is 13.5. The number of unbranched alkanes of at least 4 members (excludes halogenated alkanes) is 1. The second kappa shape index (κ2) is 12.5. The van der Waals surface area contributed by atoms with Crippen LogP contribution in [-0.4, -0.2) is 57.7 Å². The number of methoxy groups -OCH3 is 1. The summed E-state index contributed by atoms with van der Waals surface area (Å²) < 4.78 is 11.7. The molecule has 3 aromatic carbocycles. The Morgan fingerprint density at radius 2 is 1.79 bits per heavy atom. The fourth-order valence-corrected chi connectivity index (χ4v) is 5.33. The number of piperazine rings is 1. The number of anilines is 3. The normalized spacial score (nSPS) is 14.6. The van der Waals surface area contributed by atoms with Crippen LogP contribution in [0.5, 0.6) is 5.75 Å². The number of halogens is 1. The first-order chi connectivity index (χ1) is 19.1. The highest BCUT2D eigenvalue weighted by molar-refractivity contribution is 6.30. The van der Waals surface area contributed by atoms with Crippen LogP contribution in [0.1, 0.15) is 18.4 Å². The van der Waals surface area contributed by atoms with Crippen LogP contribution in [0.15, 0.2) is 82.4 Å². The molecule has 8 heteroatoms. The molecular formula is C31H36ClN5O2. The monoisotopic (exact) mass is 545 g/mol. The molecule has 0 aliphatic carbocycles. The van der Waals surface area contributed by atoms with Gasteiger partial charge in [-0.15, -0.1) is 0 Å². The van der Waals surface area contributed by atoms with Crippen molar-refractivity contribution in [2.45, 2.75) is 19.3 Å². The van der Waals surface area contributed by atoms with Crippen LogP contribution in [0.25, 0.3) is 10.8 Å². The zero-order valence-corrected chi connectivity index (χ0v) is 23.4. The van der Waals surface area contributed by atoms with Gasteiger partial charge in [-0.05, 0) is 73.8 Å². The molecule has 7 nitrogen and oxygen atoms in total. The van der Waals surface area contributed by atoms with Crippen LogP contribution >= 0.6 is 11.6 Å². The van der Waals surface area contributed by atoms with Crippen LogP contribution in [0.4, 0.5) is 17.3 Å². The van der Waals surface area contributed by atoms with Crippen molar-refractivity contribution in [1.82, 2.24) is 4.90 Å². The number of guanidine groups is 1. The minimum atomic E-state index is 0.336. The third kappa shape index (κ3) is 6.15. The number of benzene rings is 3. The number of hydrogen-bond donors (Lipinski definition) is 1. The van der Waals surface area contributed by atoms with E-state index >= 15 is 0 Å². The highest BCUT2D eigenvalue weighted by atomic mass is 35.5. The average molecular weight is 546 g/mol. The summed E-state index contributed by atoms with van der Waals surface area (Å²) >= 11 is 6.04. The fourth-order valence-electron chi connectivity index (χ4n) is 5.20. The summed E-state index contributed by atoms with van der Waals surface area (Å²) in [7, 11) is 3.35. The smallest absolute Gasteiger partial charge is 0.214 e. The van der Waals surface area contributed by atoms with Gasteiger partial charge in [-0.3, -0.25) is 9.89 Å². The van der Waals surface area contributed by atoms with Crippen molar-refractivity contribution in [3.8, 4) is 5.75 Å². The van der Waals surface area contributed by atoms with Crippen molar-refractivity contribution < 1.29 is 9.15 Å². The highest BCUT2D eigenvalue weighted by Gasteiger charge is 2.23. The van der Waals surface area contributed by atoms with E-state index in [-0.39, 0.29) is 0 Å². The van der Waals surface area contributed by atoms with Gasteiger partial charge in [0.05, 0.1) is 12.8 Å². The lowest BCUT2D eigenvalue weighted by molar-refractivity contribution is 0.253. The van der Waals surface area contributed by atoms with Gasteiger partial charge in [0, 0.05) is 54.7 Å². The minimum Gasteiger partial charge on any atom is -0.495 e. The number of fused-ring (bicyclic) bond motifs is 1. The molecule has 4 aromatic rings. The predicted octanol–water partition coefficient (Wildman–Crippen LogP) is 6.32. The number of hydrogen-bond acceptors (Lipinski definition) is 5. The fraction of sp³-hybridized carbons (Fsp3) is 0.323. The first kappa shape index (κ1) is 26.9. The molecule has 0 amide bonds. The molecule has 1 saturated heterocycles. The van der Waals surface area contributed by atoms with Gasteiger partial charge in [-0.2, -0.15) is 0 Å². The Labute approximate surface area is 235 Å². The first-order valence-corrected chi connectivity index (χ1v) is 13.8. The number of furan rings is 1. The van der Waals surface area contributed by atoms with Gasteiger partial charge in [-0.25, -0.2) is 4.90 Å².